The first-order valence-corrected chi connectivity index (χ1v) is 7.83. The predicted molar refractivity (Wildman–Crippen MR) is 88.1 cm³/mol. The van der Waals surface area contributed by atoms with Crippen molar-refractivity contribution in [2.24, 2.45) is 5.92 Å². The van der Waals surface area contributed by atoms with Crippen LogP contribution in [0.3, 0.4) is 0 Å². The van der Waals surface area contributed by atoms with Gasteiger partial charge in [0, 0.05) is 36.4 Å². The SMILES string of the molecule is Cc1c(C(=O)O)ccn1-c1ccc(N2CCC(C)CC2)cc1. The van der Waals surface area contributed by atoms with E-state index in [4.69, 9.17) is 5.11 Å². The summed E-state index contributed by atoms with van der Waals surface area (Å²) in [5.74, 6) is -0.0530. The van der Waals surface area contributed by atoms with Crippen LogP contribution in [0.5, 0.6) is 0 Å². The van der Waals surface area contributed by atoms with Crippen molar-refractivity contribution < 1.29 is 9.90 Å². The molecule has 1 aromatic heterocycles. The zero-order valence-electron chi connectivity index (χ0n) is 13.1. The van der Waals surface area contributed by atoms with E-state index in [-0.39, 0.29) is 0 Å². The molecule has 0 atom stereocenters. The summed E-state index contributed by atoms with van der Waals surface area (Å²) in [5.41, 5.74) is 3.36. The van der Waals surface area contributed by atoms with E-state index in [1.54, 1.807) is 6.07 Å². The fourth-order valence-corrected chi connectivity index (χ4v) is 3.11. The maximum atomic E-state index is 11.1. The Kier molecular flexibility index (Phi) is 3.92. The molecule has 4 nitrogen and oxygen atoms in total. The second-order valence-electron chi connectivity index (χ2n) is 6.18. The maximum absolute atomic E-state index is 11.1. The van der Waals surface area contributed by atoms with Crippen LogP contribution in [0.1, 0.15) is 35.8 Å². The number of aromatic carboxylic acids is 1. The molecule has 0 radical (unpaired) electrons. The highest BCUT2D eigenvalue weighted by Crippen LogP contribution is 2.25. The Bertz CT molecular complexity index is 665. The van der Waals surface area contributed by atoms with Gasteiger partial charge in [-0.15, -0.1) is 0 Å². The van der Waals surface area contributed by atoms with Crippen LogP contribution in [-0.2, 0) is 0 Å². The quantitative estimate of drug-likeness (QED) is 0.939. The van der Waals surface area contributed by atoms with E-state index in [9.17, 15) is 4.79 Å². The number of rotatable bonds is 3. The molecule has 0 unspecified atom stereocenters. The summed E-state index contributed by atoms with van der Waals surface area (Å²) in [4.78, 5) is 13.6. The average Bonchev–Trinajstić information content (AvgIpc) is 2.90. The van der Waals surface area contributed by atoms with E-state index in [0.717, 1.165) is 30.4 Å². The van der Waals surface area contributed by atoms with Crippen LogP contribution in [0.15, 0.2) is 36.5 Å². The summed E-state index contributed by atoms with van der Waals surface area (Å²) in [7, 11) is 0. The lowest BCUT2D eigenvalue weighted by atomic mass is 9.99. The number of carboxylic acid groups (broad SMARTS) is 1. The van der Waals surface area contributed by atoms with Crippen LogP contribution >= 0.6 is 0 Å². The van der Waals surface area contributed by atoms with Crippen molar-refractivity contribution >= 4 is 11.7 Å². The smallest absolute Gasteiger partial charge is 0.337 e. The summed E-state index contributed by atoms with van der Waals surface area (Å²) in [6.45, 7) is 6.39. The third kappa shape index (κ3) is 2.73. The van der Waals surface area contributed by atoms with Crippen molar-refractivity contribution in [1.82, 2.24) is 4.57 Å². The first-order valence-electron chi connectivity index (χ1n) is 7.83. The molecule has 116 valence electrons. The molecule has 2 heterocycles. The van der Waals surface area contributed by atoms with Gasteiger partial charge in [0.1, 0.15) is 0 Å². The predicted octanol–water partition coefficient (Wildman–Crippen LogP) is 3.72. The Balaban J connectivity index is 1.81. The minimum atomic E-state index is -0.879. The number of benzene rings is 1. The summed E-state index contributed by atoms with van der Waals surface area (Å²) in [6, 6.07) is 10.0. The molecule has 2 aromatic rings. The van der Waals surface area contributed by atoms with Crippen molar-refractivity contribution in [3.63, 3.8) is 0 Å². The van der Waals surface area contributed by atoms with Crippen molar-refractivity contribution in [1.29, 1.82) is 0 Å². The van der Waals surface area contributed by atoms with Gasteiger partial charge in [0.05, 0.1) is 5.56 Å². The minimum Gasteiger partial charge on any atom is -0.478 e. The fraction of sp³-hybridized carbons (Fsp3) is 0.389. The summed E-state index contributed by atoms with van der Waals surface area (Å²) in [6.07, 6.45) is 4.32. The third-order valence-electron chi connectivity index (χ3n) is 4.65. The maximum Gasteiger partial charge on any atom is 0.337 e. The Hall–Kier alpha value is -2.23. The zero-order valence-corrected chi connectivity index (χ0v) is 13.1. The lowest BCUT2D eigenvalue weighted by Crippen LogP contribution is -2.32. The molecular weight excluding hydrogens is 276 g/mol. The van der Waals surface area contributed by atoms with Crippen molar-refractivity contribution in [3.05, 3.63) is 47.8 Å². The molecule has 0 amide bonds. The van der Waals surface area contributed by atoms with Crippen molar-refractivity contribution in [2.45, 2.75) is 26.7 Å². The molecule has 4 heteroatoms. The number of anilines is 1. The van der Waals surface area contributed by atoms with Gasteiger partial charge in [-0.3, -0.25) is 0 Å². The van der Waals surface area contributed by atoms with E-state index >= 15 is 0 Å². The van der Waals surface area contributed by atoms with Crippen LogP contribution < -0.4 is 4.90 Å². The number of hydrogen-bond donors (Lipinski definition) is 1. The highest BCUT2D eigenvalue weighted by Gasteiger charge is 2.16. The monoisotopic (exact) mass is 298 g/mol. The standard InChI is InChI=1S/C18H22N2O2/c1-13-7-10-19(11-8-13)15-3-5-16(6-4-15)20-12-9-17(14(20)2)18(21)22/h3-6,9,12-13H,7-8,10-11H2,1-2H3,(H,21,22). The molecule has 1 fully saturated rings. The Morgan fingerprint density at radius 2 is 1.68 bits per heavy atom. The zero-order chi connectivity index (χ0) is 15.7. The Morgan fingerprint density at radius 1 is 1.09 bits per heavy atom. The van der Waals surface area contributed by atoms with Crippen molar-refractivity contribution in [2.75, 3.05) is 18.0 Å². The molecule has 0 bridgehead atoms. The summed E-state index contributed by atoms with van der Waals surface area (Å²) < 4.78 is 1.92. The van der Waals surface area contributed by atoms with Gasteiger partial charge in [0.15, 0.2) is 0 Å². The highest BCUT2D eigenvalue weighted by atomic mass is 16.4. The molecule has 1 N–H and O–H groups in total. The first-order chi connectivity index (χ1) is 10.6. The average molecular weight is 298 g/mol. The van der Waals surface area contributed by atoms with Gasteiger partial charge in [-0.05, 0) is 56.0 Å². The number of aromatic nitrogens is 1. The van der Waals surface area contributed by atoms with Crippen LogP contribution in [0.4, 0.5) is 5.69 Å². The Labute approximate surface area is 131 Å². The third-order valence-corrected chi connectivity index (χ3v) is 4.65. The van der Waals surface area contributed by atoms with Crippen LogP contribution in [-0.4, -0.2) is 28.7 Å². The number of nitrogens with zero attached hydrogens (tertiary/aromatic N) is 2. The van der Waals surface area contributed by atoms with Gasteiger partial charge in [0.25, 0.3) is 0 Å². The van der Waals surface area contributed by atoms with E-state index < -0.39 is 5.97 Å². The van der Waals surface area contributed by atoms with Gasteiger partial charge in [-0.2, -0.15) is 0 Å². The molecule has 1 aliphatic heterocycles. The molecule has 1 aromatic carbocycles. The molecule has 1 saturated heterocycles. The lowest BCUT2D eigenvalue weighted by molar-refractivity contribution is 0.0696. The van der Waals surface area contributed by atoms with Crippen molar-refractivity contribution in [3.8, 4) is 5.69 Å². The number of carbonyl (C=O) groups is 1. The van der Waals surface area contributed by atoms with Gasteiger partial charge >= 0.3 is 5.97 Å². The summed E-state index contributed by atoms with van der Waals surface area (Å²) >= 11 is 0. The van der Waals surface area contributed by atoms with E-state index in [1.165, 1.54) is 18.5 Å². The van der Waals surface area contributed by atoms with Gasteiger partial charge in [0.2, 0.25) is 0 Å². The molecular formula is C18H22N2O2. The molecule has 1 aliphatic rings. The topological polar surface area (TPSA) is 45.5 Å². The normalized spacial score (nSPS) is 16.0. The highest BCUT2D eigenvalue weighted by molar-refractivity contribution is 5.89. The molecule has 0 saturated carbocycles. The van der Waals surface area contributed by atoms with Crippen LogP contribution in [0, 0.1) is 12.8 Å². The Morgan fingerprint density at radius 3 is 2.23 bits per heavy atom. The van der Waals surface area contributed by atoms with Crippen LogP contribution in [0.2, 0.25) is 0 Å². The van der Waals surface area contributed by atoms with Gasteiger partial charge in [-0.25, -0.2) is 4.79 Å². The van der Waals surface area contributed by atoms with E-state index in [0.29, 0.717) is 5.56 Å². The van der Waals surface area contributed by atoms with Gasteiger partial charge in [-0.1, -0.05) is 6.92 Å². The van der Waals surface area contributed by atoms with E-state index in [2.05, 4.69) is 36.1 Å². The molecule has 0 spiro atoms. The summed E-state index contributed by atoms with van der Waals surface area (Å²) in [5, 5.41) is 9.14. The van der Waals surface area contributed by atoms with E-state index in [1.807, 2.05) is 17.7 Å². The molecule has 22 heavy (non-hydrogen) atoms. The van der Waals surface area contributed by atoms with Gasteiger partial charge < -0.3 is 14.6 Å². The van der Waals surface area contributed by atoms with Crippen LogP contribution in [0.25, 0.3) is 5.69 Å². The number of piperidine rings is 1. The second kappa shape index (κ2) is 5.87. The second-order valence-corrected chi connectivity index (χ2v) is 6.18. The molecule has 0 aliphatic carbocycles. The lowest BCUT2D eigenvalue weighted by Gasteiger charge is -2.32. The largest absolute Gasteiger partial charge is 0.478 e. The molecule has 3 rings (SSSR count). The number of hydrogen-bond acceptors (Lipinski definition) is 2. The minimum absolute atomic E-state index is 0.356. The number of carboxylic acids is 1. The first kappa shape index (κ1) is 14.7. The fourth-order valence-electron chi connectivity index (χ4n) is 3.11.